The summed E-state index contributed by atoms with van der Waals surface area (Å²) in [6, 6.07) is 0. The lowest BCUT2D eigenvalue weighted by Crippen LogP contribution is -2.64. The lowest BCUT2D eigenvalue weighted by Gasteiger charge is -2.43. The highest BCUT2D eigenvalue weighted by atomic mass is 19.4. The standard InChI is InChI=1S/C14F14/c15-5-1-2(7(17)10(20)9(5)19)6(16)8(18)4-3(1)11(21,22)13(25,26)14(27,28)12(4,23)24. The zero-order valence-corrected chi connectivity index (χ0v) is 12.3. The quantitative estimate of drug-likeness (QED) is 0.266. The molecule has 0 heterocycles. The van der Waals surface area contributed by atoms with Crippen LogP contribution in [-0.4, -0.2) is 11.8 Å². The molecule has 0 spiro atoms. The molecule has 0 bridgehead atoms. The van der Waals surface area contributed by atoms with Crippen LogP contribution >= 0.6 is 0 Å². The van der Waals surface area contributed by atoms with E-state index in [1.165, 1.54) is 0 Å². The Bertz CT molecular complexity index is 1030. The predicted octanol–water partition coefficient (Wildman–Crippen LogP) is 6.14. The molecule has 3 rings (SSSR count). The molecule has 0 aromatic heterocycles. The van der Waals surface area contributed by atoms with Gasteiger partial charge in [-0.3, -0.25) is 0 Å². The van der Waals surface area contributed by atoms with Crippen LogP contribution in [0.15, 0.2) is 0 Å². The summed E-state index contributed by atoms with van der Waals surface area (Å²) in [5.41, 5.74) is -6.78. The summed E-state index contributed by atoms with van der Waals surface area (Å²) in [5.74, 6) is -45.8. The highest BCUT2D eigenvalue weighted by Crippen LogP contribution is 2.66. The largest absolute Gasteiger partial charge is 0.383 e. The van der Waals surface area contributed by atoms with E-state index in [-0.39, 0.29) is 0 Å². The Morgan fingerprint density at radius 3 is 1.11 bits per heavy atom. The normalized spacial score (nSPS) is 21.6. The maximum absolute atomic E-state index is 14.0. The molecule has 28 heavy (non-hydrogen) atoms. The second kappa shape index (κ2) is 5.20. The summed E-state index contributed by atoms with van der Waals surface area (Å²) in [7, 11) is 0. The van der Waals surface area contributed by atoms with E-state index in [0.29, 0.717) is 0 Å². The van der Waals surface area contributed by atoms with Gasteiger partial charge >= 0.3 is 23.7 Å². The van der Waals surface area contributed by atoms with Crippen molar-refractivity contribution < 1.29 is 61.5 Å². The minimum Gasteiger partial charge on any atom is -0.203 e. The van der Waals surface area contributed by atoms with Gasteiger partial charge in [0.05, 0.1) is 16.5 Å². The van der Waals surface area contributed by atoms with Crippen LogP contribution in [0.1, 0.15) is 11.1 Å². The Balaban J connectivity index is 2.78. The molecule has 0 radical (unpaired) electrons. The highest BCUT2D eigenvalue weighted by Gasteiger charge is 2.86. The molecule has 2 aromatic carbocycles. The van der Waals surface area contributed by atoms with E-state index in [9.17, 15) is 61.5 Å². The SMILES string of the molecule is Fc1c(F)c(F)c2c3c(c(F)c(F)c2c1F)C(F)(F)C(F)(F)C(F)(F)C3(F)F. The zero-order valence-electron chi connectivity index (χ0n) is 12.3. The third kappa shape index (κ3) is 1.88. The van der Waals surface area contributed by atoms with Gasteiger partial charge in [0, 0.05) is 5.39 Å². The molecule has 0 saturated heterocycles. The lowest BCUT2D eigenvalue weighted by molar-refractivity contribution is -0.386. The minimum atomic E-state index is -7.05. The Labute approximate surface area is 143 Å². The fourth-order valence-corrected chi connectivity index (χ4v) is 2.84. The number of hydrogen-bond donors (Lipinski definition) is 0. The predicted molar refractivity (Wildman–Crippen MR) is 61.4 cm³/mol. The zero-order chi connectivity index (χ0) is 21.8. The molecule has 0 fully saturated rings. The summed E-state index contributed by atoms with van der Waals surface area (Å²) >= 11 is 0. The van der Waals surface area contributed by atoms with Crippen LogP contribution in [0.3, 0.4) is 0 Å². The first-order valence-electron chi connectivity index (χ1n) is 6.65. The molecule has 0 saturated carbocycles. The molecule has 0 unspecified atom stereocenters. The maximum atomic E-state index is 14.0. The van der Waals surface area contributed by atoms with Crippen molar-refractivity contribution in [3.05, 3.63) is 46.0 Å². The molecular formula is C14F14. The number of rotatable bonds is 0. The molecule has 0 nitrogen and oxygen atoms in total. The fourth-order valence-electron chi connectivity index (χ4n) is 2.84. The minimum absolute atomic E-state index is 2.58. The smallest absolute Gasteiger partial charge is 0.203 e. The van der Waals surface area contributed by atoms with Gasteiger partial charge in [-0.05, 0) is 0 Å². The Kier molecular flexibility index (Phi) is 3.80. The molecule has 14 heteroatoms. The van der Waals surface area contributed by atoms with E-state index in [0.717, 1.165) is 0 Å². The average molecular weight is 434 g/mol. The van der Waals surface area contributed by atoms with Crippen LogP contribution < -0.4 is 0 Å². The van der Waals surface area contributed by atoms with E-state index in [1.807, 2.05) is 0 Å². The highest BCUT2D eigenvalue weighted by molar-refractivity contribution is 5.90. The molecule has 1 aliphatic carbocycles. The van der Waals surface area contributed by atoms with Gasteiger partial charge in [0.1, 0.15) is 0 Å². The number of benzene rings is 2. The van der Waals surface area contributed by atoms with Gasteiger partial charge in [0.25, 0.3) is 0 Å². The molecule has 0 aliphatic heterocycles. The van der Waals surface area contributed by atoms with Crippen molar-refractivity contribution in [1.29, 1.82) is 0 Å². The second-order valence-electron chi connectivity index (χ2n) is 5.68. The number of fused-ring (bicyclic) bond motifs is 3. The lowest BCUT2D eigenvalue weighted by atomic mass is 9.77. The van der Waals surface area contributed by atoms with Crippen molar-refractivity contribution in [2.45, 2.75) is 23.7 Å². The van der Waals surface area contributed by atoms with Crippen molar-refractivity contribution in [3.63, 3.8) is 0 Å². The van der Waals surface area contributed by atoms with E-state index in [4.69, 9.17) is 0 Å². The number of halogens is 14. The number of hydrogen-bond acceptors (Lipinski definition) is 0. The first-order valence-corrected chi connectivity index (χ1v) is 6.65. The number of alkyl halides is 8. The summed E-state index contributed by atoms with van der Waals surface area (Å²) in [6.45, 7) is 0. The van der Waals surface area contributed by atoms with Crippen LogP contribution in [0.5, 0.6) is 0 Å². The molecule has 154 valence electrons. The van der Waals surface area contributed by atoms with Gasteiger partial charge in [-0.2, -0.15) is 35.1 Å². The summed E-state index contributed by atoms with van der Waals surface area (Å²) in [6.07, 6.45) is 0. The van der Waals surface area contributed by atoms with Gasteiger partial charge in [0.15, 0.2) is 34.9 Å². The average Bonchev–Trinajstić information content (AvgIpc) is 2.57. The molecular weight excluding hydrogens is 434 g/mol. The first kappa shape index (κ1) is 20.5. The summed E-state index contributed by atoms with van der Waals surface area (Å²) < 4.78 is 192. The van der Waals surface area contributed by atoms with Crippen molar-refractivity contribution in [3.8, 4) is 0 Å². The van der Waals surface area contributed by atoms with Gasteiger partial charge in [-0.25, -0.2) is 26.3 Å². The van der Waals surface area contributed by atoms with Crippen LogP contribution in [0.25, 0.3) is 10.8 Å². The second-order valence-corrected chi connectivity index (χ2v) is 5.68. The van der Waals surface area contributed by atoms with Gasteiger partial charge in [0.2, 0.25) is 0 Å². The van der Waals surface area contributed by atoms with Crippen molar-refractivity contribution in [1.82, 2.24) is 0 Å². The van der Waals surface area contributed by atoms with E-state index in [1.54, 1.807) is 0 Å². The third-order valence-electron chi connectivity index (χ3n) is 4.21. The van der Waals surface area contributed by atoms with E-state index < -0.39 is 80.5 Å². The van der Waals surface area contributed by atoms with E-state index in [2.05, 4.69) is 0 Å². The Morgan fingerprint density at radius 2 is 0.679 bits per heavy atom. The van der Waals surface area contributed by atoms with Crippen molar-refractivity contribution in [2.24, 2.45) is 0 Å². The fraction of sp³-hybridized carbons (Fsp3) is 0.286. The summed E-state index contributed by atoms with van der Waals surface area (Å²) in [5, 5.41) is -5.35. The van der Waals surface area contributed by atoms with Crippen LogP contribution in [0.4, 0.5) is 61.5 Å². The van der Waals surface area contributed by atoms with Gasteiger partial charge in [-0.1, -0.05) is 0 Å². The maximum Gasteiger partial charge on any atom is 0.383 e. The van der Waals surface area contributed by atoms with Gasteiger partial charge in [-0.15, -0.1) is 0 Å². The van der Waals surface area contributed by atoms with Gasteiger partial charge < -0.3 is 0 Å². The Hall–Kier alpha value is -2.28. The molecule has 0 N–H and O–H groups in total. The molecule has 1 aliphatic rings. The molecule has 0 amide bonds. The van der Waals surface area contributed by atoms with Crippen LogP contribution in [0, 0.1) is 34.9 Å². The molecule has 0 atom stereocenters. The summed E-state index contributed by atoms with van der Waals surface area (Å²) in [4.78, 5) is 0. The van der Waals surface area contributed by atoms with Crippen molar-refractivity contribution >= 4 is 10.8 Å². The third-order valence-corrected chi connectivity index (χ3v) is 4.21. The first-order chi connectivity index (χ1) is 12.5. The van der Waals surface area contributed by atoms with Crippen LogP contribution in [0.2, 0.25) is 0 Å². The monoisotopic (exact) mass is 434 g/mol. The topological polar surface area (TPSA) is 0 Å². The van der Waals surface area contributed by atoms with Crippen molar-refractivity contribution in [2.75, 3.05) is 0 Å². The molecule has 2 aromatic rings. The van der Waals surface area contributed by atoms with E-state index >= 15 is 0 Å². The van der Waals surface area contributed by atoms with Crippen LogP contribution in [-0.2, 0) is 11.8 Å². The Morgan fingerprint density at radius 1 is 0.357 bits per heavy atom.